The number of benzene rings is 1. The maximum atomic E-state index is 13.4. The van der Waals surface area contributed by atoms with Crippen molar-refractivity contribution in [1.82, 2.24) is 0 Å². The van der Waals surface area contributed by atoms with Gasteiger partial charge in [-0.15, -0.1) is 0 Å². The minimum Gasteiger partial charge on any atom is -0.326 e. The Morgan fingerprint density at radius 1 is 1.47 bits per heavy atom. The summed E-state index contributed by atoms with van der Waals surface area (Å²) in [6.07, 6.45) is 0.733. The second-order valence-electron chi connectivity index (χ2n) is 4.07. The van der Waals surface area contributed by atoms with E-state index in [4.69, 9.17) is 5.73 Å². The number of hydrogen-bond acceptors (Lipinski definition) is 3. The molecule has 94 valence electrons. The van der Waals surface area contributed by atoms with Gasteiger partial charge in [0.1, 0.15) is 5.82 Å². The zero-order valence-corrected chi connectivity index (χ0v) is 12.6. The minimum atomic E-state index is -0.208. The van der Waals surface area contributed by atoms with E-state index in [1.54, 1.807) is 6.07 Å². The van der Waals surface area contributed by atoms with Gasteiger partial charge in [0.15, 0.2) is 0 Å². The third-order valence-electron chi connectivity index (χ3n) is 2.81. The van der Waals surface area contributed by atoms with Crippen molar-refractivity contribution in [1.29, 1.82) is 0 Å². The first-order chi connectivity index (χ1) is 8.18. The van der Waals surface area contributed by atoms with Crippen molar-refractivity contribution in [3.05, 3.63) is 34.1 Å². The van der Waals surface area contributed by atoms with Crippen molar-refractivity contribution in [2.45, 2.75) is 17.7 Å². The number of thioether (sulfide) groups is 2. The molecule has 1 fully saturated rings. The molecule has 17 heavy (non-hydrogen) atoms. The Bertz CT molecular complexity index is 383. The van der Waals surface area contributed by atoms with Gasteiger partial charge < -0.3 is 5.73 Å². The quantitative estimate of drug-likeness (QED) is 0.917. The lowest BCUT2D eigenvalue weighted by molar-refractivity contribution is 0.610. The van der Waals surface area contributed by atoms with Gasteiger partial charge in [0, 0.05) is 28.6 Å². The van der Waals surface area contributed by atoms with E-state index in [0.717, 1.165) is 17.7 Å². The van der Waals surface area contributed by atoms with Gasteiger partial charge in [0.2, 0.25) is 0 Å². The highest BCUT2D eigenvalue weighted by Crippen LogP contribution is 2.28. The van der Waals surface area contributed by atoms with Crippen LogP contribution >= 0.6 is 39.5 Å². The molecule has 1 heterocycles. The molecule has 0 aromatic heterocycles. The summed E-state index contributed by atoms with van der Waals surface area (Å²) in [5, 5.41) is 0.490. The summed E-state index contributed by atoms with van der Waals surface area (Å²) in [7, 11) is 0. The lowest BCUT2D eigenvalue weighted by atomic mass is 10.0. The predicted octanol–water partition coefficient (Wildman–Crippen LogP) is 3.31. The summed E-state index contributed by atoms with van der Waals surface area (Å²) in [6.45, 7) is 0. The van der Waals surface area contributed by atoms with Crippen LogP contribution in [0, 0.1) is 5.82 Å². The lowest BCUT2D eigenvalue weighted by Gasteiger charge is -2.27. The summed E-state index contributed by atoms with van der Waals surface area (Å²) in [6, 6.07) is 5.24. The molecule has 2 unspecified atom stereocenters. The molecule has 0 amide bonds. The van der Waals surface area contributed by atoms with Crippen LogP contribution < -0.4 is 5.73 Å². The zero-order valence-electron chi connectivity index (χ0n) is 9.36. The molecule has 1 aromatic carbocycles. The van der Waals surface area contributed by atoms with E-state index < -0.39 is 0 Å². The Morgan fingerprint density at radius 3 is 3.00 bits per heavy atom. The highest BCUT2D eigenvalue weighted by atomic mass is 79.9. The van der Waals surface area contributed by atoms with Gasteiger partial charge in [-0.1, -0.05) is 12.1 Å². The average Bonchev–Trinajstić information content (AvgIpc) is 2.36. The second-order valence-corrected chi connectivity index (χ2v) is 7.35. The van der Waals surface area contributed by atoms with Crippen LogP contribution in [0.5, 0.6) is 0 Å². The Kier molecular flexibility index (Phi) is 5.21. The van der Waals surface area contributed by atoms with Crippen LogP contribution in [0.1, 0.15) is 5.56 Å². The van der Waals surface area contributed by atoms with Gasteiger partial charge in [-0.25, -0.2) is 4.39 Å². The number of rotatable bonds is 3. The summed E-state index contributed by atoms with van der Waals surface area (Å²) in [4.78, 5) is 0. The molecule has 5 heteroatoms. The van der Waals surface area contributed by atoms with Crippen molar-refractivity contribution in [2.24, 2.45) is 5.73 Å². The first-order valence-corrected chi connectivity index (χ1v) is 8.56. The average molecular weight is 336 g/mol. The molecule has 1 saturated heterocycles. The standard InChI is InChI=1S/C12H15BrFNS2/c13-12-8(2-1-3-9(12)14)6-10(15)11-7-16-4-5-17-11/h1-3,10-11H,4-7,15H2. The van der Waals surface area contributed by atoms with Crippen LogP contribution in [0.4, 0.5) is 4.39 Å². The molecule has 0 bridgehead atoms. The Hall–Kier alpha value is 0.290. The topological polar surface area (TPSA) is 26.0 Å². The highest BCUT2D eigenvalue weighted by molar-refractivity contribution is 9.10. The molecule has 1 aliphatic rings. The van der Waals surface area contributed by atoms with Gasteiger partial charge in [0.25, 0.3) is 0 Å². The molecule has 2 rings (SSSR count). The highest BCUT2D eigenvalue weighted by Gasteiger charge is 2.22. The maximum Gasteiger partial charge on any atom is 0.137 e. The molecule has 1 nitrogen and oxygen atoms in total. The van der Waals surface area contributed by atoms with Crippen LogP contribution in [0.3, 0.4) is 0 Å². The molecule has 0 radical (unpaired) electrons. The second kappa shape index (κ2) is 6.45. The van der Waals surface area contributed by atoms with Crippen LogP contribution in [-0.4, -0.2) is 28.6 Å². The van der Waals surface area contributed by atoms with Gasteiger partial charge in [-0.05, 0) is 34.0 Å². The summed E-state index contributed by atoms with van der Waals surface area (Å²) in [5.74, 6) is 3.30. The van der Waals surface area contributed by atoms with Crippen molar-refractivity contribution < 1.29 is 4.39 Å². The molecule has 0 aliphatic carbocycles. The van der Waals surface area contributed by atoms with Crippen molar-refractivity contribution >= 4 is 39.5 Å². The van der Waals surface area contributed by atoms with Crippen molar-refractivity contribution in [3.63, 3.8) is 0 Å². The molecular formula is C12H15BrFNS2. The van der Waals surface area contributed by atoms with Crippen LogP contribution in [0.15, 0.2) is 22.7 Å². The molecule has 2 atom stereocenters. The van der Waals surface area contributed by atoms with Crippen LogP contribution in [0.25, 0.3) is 0 Å². The monoisotopic (exact) mass is 335 g/mol. The first kappa shape index (κ1) is 13.7. The normalized spacial score (nSPS) is 22.4. The van der Waals surface area contributed by atoms with Crippen LogP contribution in [-0.2, 0) is 6.42 Å². The first-order valence-electron chi connectivity index (χ1n) is 5.56. The van der Waals surface area contributed by atoms with Crippen LogP contribution in [0.2, 0.25) is 0 Å². The Balaban J connectivity index is 2.01. The fourth-order valence-corrected chi connectivity index (χ4v) is 5.09. The summed E-state index contributed by atoms with van der Waals surface area (Å²) < 4.78 is 13.9. The fourth-order valence-electron chi connectivity index (χ4n) is 1.84. The molecule has 2 N–H and O–H groups in total. The summed E-state index contributed by atoms with van der Waals surface area (Å²) in [5.41, 5.74) is 7.19. The van der Waals surface area contributed by atoms with Crippen molar-refractivity contribution in [3.8, 4) is 0 Å². The van der Waals surface area contributed by atoms with E-state index in [-0.39, 0.29) is 11.9 Å². The Morgan fingerprint density at radius 2 is 2.29 bits per heavy atom. The number of hydrogen-bond donors (Lipinski definition) is 1. The van der Waals surface area contributed by atoms with E-state index in [1.165, 1.54) is 17.6 Å². The number of nitrogens with two attached hydrogens (primary N) is 1. The molecular weight excluding hydrogens is 321 g/mol. The smallest absolute Gasteiger partial charge is 0.137 e. The van der Waals surface area contributed by atoms with E-state index in [1.807, 2.05) is 29.6 Å². The minimum absolute atomic E-state index is 0.103. The van der Waals surface area contributed by atoms with Gasteiger partial charge in [-0.2, -0.15) is 23.5 Å². The van der Waals surface area contributed by atoms with Gasteiger partial charge in [-0.3, -0.25) is 0 Å². The summed E-state index contributed by atoms with van der Waals surface area (Å²) >= 11 is 7.20. The largest absolute Gasteiger partial charge is 0.326 e. The number of halogens is 2. The zero-order chi connectivity index (χ0) is 12.3. The Labute approximate surface area is 118 Å². The molecule has 0 saturated carbocycles. The van der Waals surface area contributed by atoms with E-state index in [0.29, 0.717) is 9.72 Å². The van der Waals surface area contributed by atoms with E-state index in [2.05, 4.69) is 15.9 Å². The SMILES string of the molecule is NC(Cc1cccc(F)c1Br)C1CSCCS1. The lowest BCUT2D eigenvalue weighted by Crippen LogP contribution is -2.38. The van der Waals surface area contributed by atoms with E-state index in [9.17, 15) is 4.39 Å². The van der Waals surface area contributed by atoms with E-state index >= 15 is 0 Å². The molecule has 1 aliphatic heterocycles. The molecule has 0 spiro atoms. The van der Waals surface area contributed by atoms with Gasteiger partial charge in [0.05, 0.1) is 4.47 Å². The predicted molar refractivity (Wildman–Crippen MR) is 79.4 cm³/mol. The molecule has 1 aromatic rings. The fraction of sp³-hybridized carbons (Fsp3) is 0.500. The third-order valence-corrected chi connectivity index (χ3v) is 6.64. The van der Waals surface area contributed by atoms with Crippen molar-refractivity contribution in [2.75, 3.05) is 17.3 Å². The van der Waals surface area contributed by atoms with Gasteiger partial charge >= 0.3 is 0 Å². The maximum absolute atomic E-state index is 13.4. The third kappa shape index (κ3) is 3.63.